The van der Waals surface area contributed by atoms with E-state index >= 15 is 0 Å². The van der Waals surface area contributed by atoms with Crippen LogP contribution < -0.4 is 9.47 Å². The second kappa shape index (κ2) is 7.27. The summed E-state index contributed by atoms with van der Waals surface area (Å²) < 4.78 is 14.5. The number of benzene rings is 2. The summed E-state index contributed by atoms with van der Waals surface area (Å²) in [5.41, 5.74) is 3.81. The number of hydrogen-bond acceptors (Lipinski definition) is 4. The number of ketones is 1. The van der Waals surface area contributed by atoms with Crippen LogP contribution in [0.2, 0.25) is 0 Å². The predicted molar refractivity (Wildman–Crippen MR) is 120 cm³/mol. The number of aryl methyl sites for hydroxylation is 1. The summed E-state index contributed by atoms with van der Waals surface area (Å²) in [6, 6.07) is 12.6. The summed E-state index contributed by atoms with van der Waals surface area (Å²) in [6.07, 6.45) is 9.00. The molecule has 0 saturated heterocycles. The number of carbonyl (C=O) groups excluding carboxylic acids is 1. The first-order valence-electron chi connectivity index (χ1n) is 11.3. The van der Waals surface area contributed by atoms with Gasteiger partial charge in [-0.05, 0) is 44.0 Å². The van der Waals surface area contributed by atoms with Crippen LogP contribution in [0.4, 0.5) is 0 Å². The molecule has 6 rings (SSSR count). The van der Waals surface area contributed by atoms with Gasteiger partial charge in [-0.15, -0.1) is 0 Å². The van der Waals surface area contributed by atoms with E-state index in [1.807, 2.05) is 30.3 Å². The van der Waals surface area contributed by atoms with Crippen molar-refractivity contribution in [2.24, 2.45) is 0 Å². The Balaban J connectivity index is 1.37. The lowest BCUT2D eigenvalue weighted by molar-refractivity contribution is 0.0567. The normalized spacial score (nSPS) is 20.2. The molecular weight excluding hydrogens is 388 g/mol. The Morgan fingerprint density at radius 2 is 1.97 bits per heavy atom. The van der Waals surface area contributed by atoms with Crippen LogP contribution in [0.1, 0.15) is 54.1 Å². The van der Waals surface area contributed by atoms with E-state index in [0.29, 0.717) is 29.8 Å². The Hall–Kier alpha value is -3.05. The first-order valence-corrected chi connectivity index (χ1v) is 11.3. The molecular formula is C26H26N2O3. The number of rotatable bonds is 3. The van der Waals surface area contributed by atoms with E-state index in [-0.39, 0.29) is 5.78 Å². The summed E-state index contributed by atoms with van der Waals surface area (Å²) in [7, 11) is 0. The average molecular weight is 415 g/mol. The van der Waals surface area contributed by atoms with Crippen LogP contribution >= 0.6 is 0 Å². The maximum Gasteiger partial charge on any atom is 0.231 e. The van der Waals surface area contributed by atoms with Gasteiger partial charge in [0.15, 0.2) is 5.76 Å². The van der Waals surface area contributed by atoms with Crippen molar-refractivity contribution in [1.29, 1.82) is 0 Å². The second-order valence-corrected chi connectivity index (χ2v) is 8.70. The standard InChI is InChI=1S/C26H26N2O3/c1-2-27-14-17(19-9-5-6-10-22(19)27)13-24-25(29)20-11-12-23-21(26(20)31-24)15-28(16-30-23)18-7-3-4-8-18/h5-6,9-14,18H,2-4,7-8,15-16H2,1H3/b24-13-. The summed E-state index contributed by atoms with van der Waals surface area (Å²) >= 11 is 0. The van der Waals surface area contributed by atoms with Crippen LogP contribution in [0, 0.1) is 0 Å². The number of carbonyl (C=O) groups is 1. The lowest BCUT2D eigenvalue weighted by Gasteiger charge is -2.33. The van der Waals surface area contributed by atoms with Gasteiger partial charge in [0, 0.05) is 41.8 Å². The minimum atomic E-state index is -0.0517. The van der Waals surface area contributed by atoms with Gasteiger partial charge in [-0.3, -0.25) is 9.69 Å². The van der Waals surface area contributed by atoms with Gasteiger partial charge >= 0.3 is 0 Å². The fraction of sp³-hybridized carbons (Fsp3) is 0.346. The zero-order valence-electron chi connectivity index (χ0n) is 17.8. The molecule has 1 saturated carbocycles. The van der Waals surface area contributed by atoms with Gasteiger partial charge < -0.3 is 14.0 Å². The van der Waals surface area contributed by atoms with Crippen molar-refractivity contribution in [2.45, 2.75) is 51.7 Å². The predicted octanol–water partition coefficient (Wildman–Crippen LogP) is 5.37. The Morgan fingerprint density at radius 3 is 2.81 bits per heavy atom. The zero-order valence-corrected chi connectivity index (χ0v) is 17.8. The monoisotopic (exact) mass is 414 g/mol. The van der Waals surface area contributed by atoms with E-state index in [4.69, 9.17) is 9.47 Å². The van der Waals surface area contributed by atoms with Crippen LogP contribution in [0.25, 0.3) is 17.0 Å². The highest BCUT2D eigenvalue weighted by Crippen LogP contribution is 2.43. The molecule has 1 aromatic heterocycles. The van der Waals surface area contributed by atoms with E-state index in [9.17, 15) is 4.79 Å². The van der Waals surface area contributed by atoms with Crippen molar-refractivity contribution in [3.8, 4) is 11.5 Å². The van der Waals surface area contributed by atoms with Crippen LogP contribution in [0.15, 0.2) is 48.4 Å². The summed E-state index contributed by atoms with van der Waals surface area (Å²) in [5, 5.41) is 1.13. The number of ether oxygens (including phenoxy) is 2. The molecule has 0 bridgehead atoms. The van der Waals surface area contributed by atoms with Crippen molar-refractivity contribution < 1.29 is 14.3 Å². The minimum absolute atomic E-state index is 0.0517. The molecule has 5 nitrogen and oxygen atoms in total. The van der Waals surface area contributed by atoms with Crippen LogP contribution in [0.3, 0.4) is 0 Å². The lowest BCUT2D eigenvalue weighted by Crippen LogP contribution is -2.39. The first-order chi connectivity index (χ1) is 15.2. The highest BCUT2D eigenvalue weighted by Gasteiger charge is 2.35. The molecule has 0 unspecified atom stereocenters. The molecule has 5 heteroatoms. The van der Waals surface area contributed by atoms with Crippen LogP contribution in [-0.4, -0.2) is 28.0 Å². The Morgan fingerprint density at radius 1 is 1.13 bits per heavy atom. The third-order valence-electron chi connectivity index (χ3n) is 6.93. The third kappa shape index (κ3) is 2.99. The summed E-state index contributed by atoms with van der Waals surface area (Å²) in [5.74, 6) is 1.85. The number of aromatic nitrogens is 1. The highest BCUT2D eigenvalue weighted by atomic mass is 16.5. The molecule has 1 fully saturated rings. The molecule has 0 spiro atoms. The zero-order chi connectivity index (χ0) is 20.9. The Bertz CT molecular complexity index is 1220. The van der Waals surface area contributed by atoms with Gasteiger partial charge in [0.2, 0.25) is 5.78 Å². The molecule has 2 aliphatic heterocycles. The number of allylic oxidation sites excluding steroid dienone is 1. The largest absolute Gasteiger partial charge is 0.478 e. The molecule has 0 radical (unpaired) electrons. The first kappa shape index (κ1) is 18.7. The number of para-hydroxylation sites is 1. The second-order valence-electron chi connectivity index (χ2n) is 8.70. The molecule has 3 aromatic rings. The van der Waals surface area contributed by atoms with Crippen LogP contribution in [0.5, 0.6) is 11.5 Å². The molecule has 158 valence electrons. The van der Waals surface area contributed by atoms with Gasteiger partial charge in [-0.25, -0.2) is 0 Å². The smallest absolute Gasteiger partial charge is 0.231 e. The summed E-state index contributed by atoms with van der Waals surface area (Å²) in [6.45, 7) is 4.39. The average Bonchev–Trinajstić information content (AvgIpc) is 3.53. The molecule has 2 aromatic carbocycles. The highest BCUT2D eigenvalue weighted by molar-refractivity contribution is 6.15. The van der Waals surface area contributed by atoms with Gasteiger partial charge in [-0.1, -0.05) is 31.0 Å². The Labute approximate surface area is 181 Å². The molecule has 1 aliphatic carbocycles. The summed E-state index contributed by atoms with van der Waals surface area (Å²) in [4.78, 5) is 15.6. The van der Waals surface area contributed by atoms with Crippen molar-refractivity contribution >= 4 is 22.8 Å². The molecule has 0 amide bonds. The lowest BCUT2D eigenvalue weighted by atomic mass is 10.0. The third-order valence-corrected chi connectivity index (χ3v) is 6.93. The van der Waals surface area contributed by atoms with Crippen molar-refractivity contribution in [1.82, 2.24) is 9.47 Å². The van der Waals surface area contributed by atoms with E-state index in [1.54, 1.807) is 0 Å². The molecule has 3 heterocycles. The van der Waals surface area contributed by atoms with Crippen molar-refractivity contribution in [3.63, 3.8) is 0 Å². The van der Waals surface area contributed by atoms with Gasteiger partial charge in [0.25, 0.3) is 0 Å². The van der Waals surface area contributed by atoms with Gasteiger partial charge in [0.05, 0.1) is 11.1 Å². The van der Waals surface area contributed by atoms with Gasteiger partial charge in [-0.2, -0.15) is 0 Å². The number of hydrogen-bond donors (Lipinski definition) is 0. The van der Waals surface area contributed by atoms with Crippen molar-refractivity contribution in [3.05, 3.63) is 65.0 Å². The number of nitrogens with zero attached hydrogens (tertiary/aromatic N) is 2. The maximum absolute atomic E-state index is 13.2. The molecule has 3 aliphatic rings. The van der Waals surface area contributed by atoms with E-state index in [2.05, 4.69) is 34.7 Å². The number of fused-ring (bicyclic) bond motifs is 4. The van der Waals surface area contributed by atoms with Crippen LogP contribution in [-0.2, 0) is 13.1 Å². The SMILES string of the molecule is CCn1cc(/C=C2\Oc3c(ccc4c3CN(C3CCCC3)CO4)C2=O)c2ccccc21. The fourth-order valence-electron chi connectivity index (χ4n) is 5.27. The molecule has 31 heavy (non-hydrogen) atoms. The maximum atomic E-state index is 13.2. The minimum Gasteiger partial charge on any atom is -0.478 e. The molecule has 0 atom stereocenters. The Kier molecular flexibility index (Phi) is 4.39. The van der Waals surface area contributed by atoms with Gasteiger partial charge in [0.1, 0.15) is 18.2 Å². The quantitative estimate of drug-likeness (QED) is 0.540. The van der Waals surface area contributed by atoms with Crippen molar-refractivity contribution in [2.75, 3.05) is 6.73 Å². The van der Waals surface area contributed by atoms with E-state index < -0.39 is 0 Å². The fourth-order valence-corrected chi connectivity index (χ4v) is 5.27. The van der Waals surface area contributed by atoms with E-state index in [1.165, 1.54) is 25.7 Å². The molecule has 0 N–H and O–H groups in total. The number of Topliss-reactive ketones (excluding diaryl/α,β-unsaturated/α-hetero) is 1. The topological polar surface area (TPSA) is 43.7 Å². The van der Waals surface area contributed by atoms with E-state index in [0.717, 1.165) is 40.9 Å².